The molecule has 1 aliphatic carbocycles. The van der Waals surface area contributed by atoms with E-state index in [1.54, 1.807) is 6.07 Å². The van der Waals surface area contributed by atoms with Crippen LogP contribution in [0, 0.1) is 0 Å². The fourth-order valence-electron chi connectivity index (χ4n) is 2.78. The van der Waals surface area contributed by atoms with Crippen LogP contribution in [0.25, 0.3) is 11.6 Å². The van der Waals surface area contributed by atoms with Gasteiger partial charge in [-0.2, -0.15) is 22.0 Å². The van der Waals surface area contributed by atoms with E-state index in [1.165, 1.54) is 18.3 Å². The zero-order chi connectivity index (χ0) is 19.9. The lowest BCUT2D eigenvalue weighted by molar-refractivity contribution is -0.137. The molecule has 0 spiro atoms. The van der Waals surface area contributed by atoms with Gasteiger partial charge in [0.2, 0.25) is 5.95 Å². The maximum absolute atomic E-state index is 13.0. The smallest absolute Gasteiger partial charge is 0.414 e. The topological polar surface area (TPSA) is 76.7 Å². The van der Waals surface area contributed by atoms with Crippen molar-refractivity contribution in [3.05, 3.63) is 53.5 Å². The number of aromatic nitrogens is 4. The van der Waals surface area contributed by atoms with E-state index in [4.69, 9.17) is 4.42 Å². The molecule has 3 aromatic rings. The van der Waals surface area contributed by atoms with Gasteiger partial charge in [0.25, 0.3) is 11.8 Å². The van der Waals surface area contributed by atoms with Crippen LogP contribution in [-0.4, -0.2) is 20.2 Å². The first-order chi connectivity index (χ1) is 13.3. The number of nitrogens with zero attached hydrogens (tertiary/aromatic N) is 4. The lowest BCUT2D eigenvalue weighted by Gasteiger charge is -2.19. The average molecular weight is 397 g/mol. The van der Waals surface area contributed by atoms with E-state index >= 15 is 0 Å². The fourth-order valence-corrected chi connectivity index (χ4v) is 2.78. The van der Waals surface area contributed by atoms with Crippen LogP contribution in [0.5, 0.6) is 0 Å². The molecule has 146 valence electrons. The molecule has 1 aliphatic rings. The van der Waals surface area contributed by atoms with Gasteiger partial charge in [-0.15, -0.1) is 10.2 Å². The third-order valence-corrected chi connectivity index (χ3v) is 4.35. The summed E-state index contributed by atoms with van der Waals surface area (Å²) in [4.78, 5) is 8.20. The Balaban J connectivity index is 1.59. The number of anilines is 1. The van der Waals surface area contributed by atoms with Gasteiger partial charge in [0.15, 0.2) is 0 Å². The van der Waals surface area contributed by atoms with E-state index in [9.17, 15) is 22.0 Å². The van der Waals surface area contributed by atoms with Gasteiger partial charge < -0.3 is 9.73 Å². The van der Waals surface area contributed by atoms with Crippen molar-refractivity contribution in [3.63, 3.8) is 0 Å². The third-order valence-electron chi connectivity index (χ3n) is 4.35. The van der Waals surface area contributed by atoms with Gasteiger partial charge in [0.05, 0.1) is 11.1 Å². The van der Waals surface area contributed by atoms with Crippen LogP contribution in [0.15, 0.2) is 40.9 Å². The van der Waals surface area contributed by atoms with Crippen molar-refractivity contribution in [3.8, 4) is 11.6 Å². The van der Waals surface area contributed by atoms with Crippen LogP contribution >= 0.6 is 0 Å². The molecular weight excluding hydrogens is 385 g/mol. The SMILES string of the molecule is FC(F)c1nnc(-c2ccnc(NC3(c4cccc(C(F)(F)F)c4)CC3)n2)o1. The zero-order valence-corrected chi connectivity index (χ0v) is 14.0. The molecule has 0 aliphatic heterocycles. The first-order valence-electron chi connectivity index (χ1n) is 8.18. The number of hydrogen-bond acceptors (Lipinski definition) is 6. The fraction of sp³-hybridized carbons (Fsp3) is 0.294. The summed E-state index contributed by atoms with van der Waals surface area (Å²) in [5.74, 6) is -0.917. The molecule has 11 heteroatoms. The molecule has 0 saturated heterocycles. The van der Waals surface area contributed by atoms with E-state index in [-0.39, 0.29) is 17.5 Å². The molecule has 1 N–H and O–H groups in total. The molecule has 28 heavy (non-hydrogen) atoms. The second kappa shape index (κ2) is 6.50. The lowest BCUT2D eigenvalue weighted by atomic mass is 10.0. The summed E-state index contributed by atoms with van der Waals surface area (Å²) in [6.07, 6.45) is -4.80. The molecule has 4 rings (SSSR count). The van der Waals surface area contributed by atoms with E-state index in [0.717, 1.165) is 12.1 Å². The number of hydrogen-bond donors (Lipinski definition) is 1. The Labute approximate surface area is 154 Å². The van der Waals surface area contributed by atoms with Crippen LogP contribution < -0.4 is 5.32 Å². The number of benzene rings is 1. The number of halogens is 5. The summed E-state index contributed by atoms with van der Waals surface area (Å²) in [5, 5.41) is 9.79. The molecule has 0 amide bonds. The maximum atomic E-state index is 13.0. The average Bonchev–Trinajstić information content (AvgIpc) is 3.26. The van der Waals surface area contributed by atoms with Crippen molar-refractivity contribution >= 4 is 5.95 Å². The first-order valence-corrected chi connectivity index (χ1v) is 8.18. The largest absolute Gasteiger partial charge is 0.416 e. The highest BCUT2D eigenvalue weighted by atomic mass is 19.4. The minimum absolute atomic E-state index is 0.115. The van der Waals surface area contributed by atoms with Crippen molar-refractivity contribution < 1.29 is 26.4 Å². The maximum Gasteiger partial charge on any atom is 0.416 e. The molecule has 0 radical (unpaired) electrons. The molecular formula is C17H12F5N5O. The van der Waals surface area contributed by atoms with Gasteiger partial charge >= 0.3 is 12.6 Å². The summed E-state index contributed by atoms with van der Waals surface area (Å²) in [5.41, 5.74) is -0.868. The molecule has 6 nitrogen and oxygen atoms in total. The molecule has 0 bridgehead atoms. The summed E-state index contributed by atoms with van der Waals surface area (Å²) >= 11 is 0. The summed E-state index contributed by atoms with van der Waals surface area (Å²) in [7, 11) is 0. The normalized spacial score (nSPS) is 15.6. The van der Waals surface area contributed by atoms with Gasteiger partial charge in [0, 0.05) is 6.20 Å². The second-order valence-electron chi connectivity index (χ2n) is 6.30. The van der Waals surface area contributed by atoms with E-state index in [0.29, 0.717) is 18.4 Å². The van der Waals surface area contributed by atoms with Gasteiger partial charge in [-0.25, -0.2) is 9.97 Å². The van der Waals surface area contributed by atoms with Gasteiger partial charge in [-0.1, -0.05) is 12.1 Å². The highest BCUT2D eigenvalue weighted by Crippen LogP contribution is 2.48. The molecule has 1 saturated carbocycles. The Morgan fingerprint density at radius 1 is 1.11 bits per heavy atom. The van der Waals surface area contributed by atoms with Crippen LogP contribution in [-0.2, 0) is 11.7 Å². The third kappa shape index (κ3) is 3.51. The van der Waals surface area contributed by atoms with Crippen molar-refractivity contribution in [2.24, 2.45) is 0 Å². The number of alkyl halides is 5. The molecule has 2 aromatic heterocycles. The Hall–Kier alpha value is -3.11. The number of rotatable bonds is 5. The molecule has 1 fully saturated rings. The Morgan fingerprint density at radius 2 is 1.89 bits per heavy atom. The van der Waals surface area contributed by atoms with Crippen molar-refractivity contribution in [2.75, 3.05) is 5.32 Å². The van der Waals surface area contributed by atoms with Crippen LogP contribution in [0.1, 0.15) is 36.3 Å². The van der Waals surface area contributed by atoms with Crippen molar-refractivity contribution in [2.45, 2.75) is 31.0 Å². The highest BCUT2D eigenvalue weighted by molar-refractivity contribution is 5.50. The van der Waals surface area contributed by atoms with E-state index < -0.39 is 29.6 Å². The van der Waals surface area contributed by atoms with E-state index in [2.05, 4.69) is 25.5 Å². The minimum atomic E-state index is -4.44. The second-order valence-corrected chi connectivity index (χ2v) is 6.30. The molecule has 0 atom stereocenters. The summed E-state index contributed by atoms with van der Waals surface area (Å²) in [6, 6.07) is 6.45. The van der Waals surface area contributed by atoms with Crippen LogP contribution in [0.4, 0.5) is 27.9 Å². The Bertz CT molecular complexity index is 999. The zero-order valence-electron chi connectivity index (χ0n) is 14.0. The quantitative estimate of drug-likeness (QED) is 0.635. The summed E-state index contributed by atoms with van der Waals surface area (Å²) < 4.78 is 69.0. The van der Waals surface area contributed by atoms with Gasteiger partial charge in [-0.3, -0.25) is 0 Å². The standard InChI is InChI=1S/C17H12F5N5O/c18-12(19)14-27-26-13(28-14)11-4-7-23-15(24-11)25-16(5-6-16)9-2-1-3-10(8-9)17(20,21)22/h1-4,7-8,12H,5-6H2,(H,23,24,25). The van der Waals surface area contributed by atoms with Crippen molar-refractivity contribution in [1.82, 2.24) is 20.2 Å². The Kier molecular flexibility index (Phi) is 4.24. The molecule has 1 aromatic carbocycles. The predicted molar refractivity (Wildman–Crippen MR) is 86.3 cm³/mol. The lowest BCUT2D eigenvalue weighted by Crippen LogP contribution is -2.21. The van der Waals surface area contributed by atoms with E-state index in [1.807, 2.05) is 0 Å². The van der Waals surface area contributed by atoms with Crippen LogP contribution in [0.3, 0.4) is 0 Å². The molecule has 0 unspecified atom stereocenters. The van der Waals surface area contributed by atoms with Gasteiger partial charge in [0.1, 0.15) is 5.69 Å². The minimum Gasteiger partial charge on any atom is -0.414 e. The Morgan fingerprint density at radius 3 is 2.54 bits per heavy atom. The highest BCUT2D eigenvalue weighted by Gasteiger charge is 2.46. The monoisotopic (exact) mass is 397 g/mol. The first kappa shape index (κ1) is 18.3. The predicted octanol–water partition coefficient (Wildman–Crippen LogP) is 4.58. The van der Waals surface area contributed by atoms with Gasteiger partial charge in [-0.05, 0) is 36.6 Å². The van der Waals surface area contributed by atoms with Crippen LogP contribution in [0.2, 0.25) is 0 Å². The van der Waals surface area contributed by atoms with Crippen molar-refractivity contribution in [1.29, 1.82) is 0 Å². The number of nitrogens with one attached hydrogen (secondary N) is 1. The summed E-state index contributed by atoms with van der Waals surface area (Å²) in [6.45, 7) is 0. The molecule has 2 heterocycles.